The molecular formula is C24H27F3N4O2. The van der Waals surface area contributed by atoms with Gasteiger partial charge in [0.25, 0.3) is 0 Å². The predicted molar refractivity (Wildman–Crippen MR) is 119 cm³/mol. The molecule has 1 saturated heterocycles. The Kier molecular flexibility index (Phi) is 8.31. The van der Waals surface area contributed by atoms with Gasteiger partial charge < -0.3 is 15.0 Å². The van der Waals surface area contributed by atoms with Gasteiger partial charge in [0, 0.05) is 45.0 Å². The molecule has 0 radical (unpaired) electrons. The molecule has 0 aliphatic carbocycles. The molecule has 1 N–H and O–H groups in total. The van der Waals surface area contributed by atoms with Crippen LogP contribution in [0.25, 0.3) is 0 Å². The summed E-state index contributed by atoms with van der Waals surface area (Å²) in [5.41, 5.74) is 0.981. The van der Waals surface area contributed by atoms with Gasteiger partial charge in [0.15, 0.2) is 0 Å². The second-order valence-electron chi connectivity index (χ2n) is 8.01. The van der Waals surface area contributed by atoms with Crippen molar-refractivity contribution in [3.63, 3.8) is 0 Å². The summed E-state index contributed by atoms with van der Waals surface area (Å²) in [5, 5.41) is 11.7. The fourth-order valence-electron chi connectivity index (χ4n) is 3.99. The molecule has 9 heteroatoms. The van der Waals surface area contributed by atoms with Crippen molar-refractivity contribution in [2.24, 2.45) is 0 Å². The van der Waals surface area contributed by atoms with E-state index in [0.29, 0.717) is 18.7 Å². The highest BCUT2D eigenvalue weighted by Crippen LogP contribution is 2.31. The van der Waals surface area contributed by atoms with Crippen molar-refractivity contribution in [1.82, 2.24) is 9.80 Å². The monoisotopic (exact) mass is 460 g/mol. The molecule has 0 aromatic heterocycles. The van der Waals surface area contributed by atoms with Crippen molar-refractivity contribution in [3.05, 3.63) is 65.2 Å². The van der Waals surface area contributed by atoms with E-state index in [1.54, 1.807) is 18.1 Å². The van der Waals surface area contributed by atoms with Crippen LogP contribution in [0.4, 0.5) is 23.7 Å². The second-order valence-corrected chi connectivity index (χ2v) is 8.01. The highest BCUT2D eigenvalue weighted by molar-refractivity contribution is 5.89. The highest BCUT2D eigenvalue weighted by Gasteiger charge is 2.31. The van der Waals surface area contributed by atoms with Crippen LogP contribution in [0.2, 0.25) is 0 Å². The number of halogens is 3. The lowest BCUT2D eigenvalue weighted by atomic mass is 10.0. The summed E-state index contributed by atoms with van der Waals surface area (Å²) in [7, 11) is 1.54. The number of amides is 2. The Balaban J connectivity index is 1.62. The minimum atomic E-state index is -4.48. The first-order valence-electron chi connectivity index (χ1n) is 10.8. The first-order chi connectivity index (χ1) is 15.8. The molecule has 1 aliphatic rings. The number of hydrogen-bond donors (Lipinski definition) is 1. The SMILES string of the molecule is COCCN(C(=O)Nc1cccc(C(F)(F)F)c1)C1CCN(Cc2cccc(C#N)c2)CC1. The number of rotatable bonds is 7. The number of methoxy groups -OCH3 is 1. The van der Waals surface area contributed by atoms with E-state index >= 15 is 0 Å². The molecule has 2 amide bonds. The van der Waals surface area contributed by atoms with E-state index < -0.39 is 17.8 Å². The van der Waals surface area contributed by atoms with Crippen LogP contribution in [0.1, 0.15) is 29.5 Å². The molecule has 1 fully saturated rings. The summed E-state index contributed by atoms with van der Waals surface area (Å²) in [6.07, 6.45) is -3.01. The van der Waals surface area contributed by atoms with E-state index in [-0.39, 0.29) is 11.7 Å². The van der Waals surface area contributed by atoms with Gasteiger partial charge in [-0.15, -0.1) is 0 Å². The Hall–Kier alpha value is -3.09. The van der Waals surface area contributed by atoms with Gasteiger partial charge in [-0.05, 0) is 48.7 Å². The van der Waals surface area contributed by atoms with E-state index in [4.69, 9.17) is 10.00 Å². The number of hydrogen-bond acceptors (Lipinski definition) is 4. The molecule has 0 saturated carbocycles. The molecule has 1 heterocycles. The number of benzene rings is 2. The van der Waals surface area contributed by atoms with Crippen LogP contribution < -0.4 is 5.32 Å². The van der Waals surface area contributed by atoms with Gasteiger partial charge in [0.2, 0.25) is 0 Å². The van der Waals surface area contributed by atoms with Crippen LogP contribution in [0.15, 0.2) is 48.5 Å². The van der Waals surface area contributed by atoms with Crippen molar-refractivity contribution in [3.8, 4) is 6.07 Å². The number of urea groups is 1. The second kappa shape index (κ2) is 11.2. The van der Waals surface area contributed by atoms with E-state index in [9.17, 15) is 18.0 Å². The Bertz CT molecular complexity index is 982. The van der Waals surface area contributed by atoms with Crippen LogP contribution in [-0.2, 0) is 17.5 Å². The summed E-state index contributed by atoms with van der Waals surface area (Å²) < 4.78 is 44.1. The summed E-state index contributed by atoms with van der Waals surface area (Å²) in [6.45, 7) is 2.92. The van der Waals surface area contributed by atoms with Crippen LogP contribution in [-0.4, -0.2) is 55.2 Å². The Morgan fingerprint density at radius 1 is 1.21 bits per heavy atom. The highest BCUT2D eigenvalue weighted by atomic mass is 19.4. The number of alkyl halides is 3. The Morgan fingerprint density at radius 2 is 1.94 bits per heavy atom. The summed E-state index contributed by atoms with van der Waals surface area (Å²) >= 11 is 0. The summed E-state index contributed by atoms with van der Waals surface area (Å²) in [5.74, 6) is 0. The normalized spacial score (nSPS) is 15.1. The lowest BCUT2D eigenvalue weighted by Crippen LogP contribution is -2.49. The molecular weight excluding hydrogens is 433 g/mol. The minimum absolute atomic E-state index is 0.0485. The number of nitrogens with one attached hydrogen (secondary N) is 1. The smallest absolute Gasteiger partial charge is 0.383 e. The Morgan fingerprint density at radius 3 is 2.61 bits per heavy atom. The fourth-order valence-corrected chi connectivity index (χ4v) is 3.99. The average Bonchev–Trinajstić information content (AvgIpc) is 2.80. The maximum atomic E-state index is 13.0. The average molecular weight is 461 g/mol. The largest absolute Gasteiger partial charge is 0.416 e. The van der Waals surface area contributed by atoms with Crippen LogP contribution in [0.5, 0.6) is 0 Å². The van der Waals surface area contributed by atoms with Crippen molar-refractivity contribution in [1.29, 1.82) is 5.26 Å². The molecule has 176 valence electrons. The first-order valence-corrected chi connectivity index (χ1v) is 10.8. The predicted octanol–water partition coefficient (Wildman–Crippen LogP) is 4.72. The molecule has 1 aliphatic heterocycles. The van der Waals surface area contributed by atoms with Gasteiger partial charge in [-0.2, -0.15) is 18.4 Å². The molecule has 0 spiro atoms. The standard InChI is InChI=1S/C24H27F3N4O2/c1-33-13-12-31(23(32)29-21-7-3-6-20(15-21)24(25,26)27)22-8-10-30(11-9-22)17-19-5-2-4-18(14-19)16-28/h2-7,14-15,22H,8-13,17H2,1H3,(H,29,32). The third-order valence-corrected chi connectivity index (χ3v) is 5.70. The van der Waals surface area contributed by atoms with Gasteiger partial charge in [0.05, 0.1) is 23.8 Å². The molecule has 33 heavy (non-hydrogen) atoms. The van der Waals surface area contributed by atoms with Crippen molar-refractivity contribution < 1.29 is 22.7 Å². The van der Waals surface area contributed by atoms with Crippen LogP contribution in [0, 0.1) is 11.3 Å². The van der Waals surface area contributed by atoms with Gasteiger partial charge in [-0.3, -0.25) is 4.90 Å². The lowest BCUT2D eigenvalue weighted by Gasteiger charge is -2.38. The molecule has 6 nitrogen and oxygen atoms in total. The van der Waals surface area contributed by atoms with Crippen molar-refractivity contribution in [2.75, 3.05) is 38.7 Å². The molecule has 0 unspecified atom stereocenters. The number of carbonyl (C=O) groups is 1. The molecule has 2 aromatic carbocycles. The molecule has 2 aromatic rings. The maximum Gasteiger partial charge on any atom is 0.416 e. The van der Waals surface area contributed by atoms with Gasteiger partial charge in [-0.1, -0.05) is 18.2 Å². The zero-order valence-electron chi connectivity index (χ0n) is 18.4. The quantitative estimate of drug-likeness (QED) is 0.649. The van der Waals surface area contributed by atoms with Gasteiger partial charge in [-0.25, -0.2) is 4.79 Å². The Labute approximate surface area is 191 Å². The van der Waals surface area contributed by atoms with Crippen molar-refractivity contribution in [2.45, 2.75) is 31.6 Å². The number of ether oxygens (including phenoxy) is 1. The maximum absolute atomic E-state index is 13.0. The molecule has 0 bridgehead atoms. The zero-order valence-corrected chi connectivity index (χ0v) is 18.4. The fraction of sp³-hybridized carbons (Fsp3) is 0.417. The van der Waals surface area contributed by atoms with E-state index in [0.717, 1.165) is 50.2 Å². The van der Waals surface area contributed by atoms with Crippen LogP contribution >= 0.6 is 0 Å². The number of carbonyl (C=O) groups excluding carboxylic acids is 1. The van der Waals surface area contributed by atoms with Crippen molar-refractivity contribution >= 4 is 11.7 Å². The number of piperidine rings is 1. The number of nitriles is 1. The summed E-state index contributed by atoms with van der Waals surface area (Å²) in [4.78, 5) is 16.9. The summed E-state index contributed by atoms with van der Waals surface area (Å²) in [6, 6.07) is 13.8. The topological polar surface area (TPSA) is 68.6 Å². The third kappa shape index (κ3) is 6.94. The lowest BCUT2D eigenvalue weighted by molar-refractivity contribution is -0.137. The number of likely N-dealkylation sites (tertiary alicyclic amines) is 1. The molecule has 0 atom stereocenters. The first kappa shape index (κ1) is 24.6. The van der Waals surface area contributed by atoms with Gasteiger partial charge in [0.1, 0.15) is 0 Å². The van der Waals surface area contributed by atoms with Gasteiger partial charge >= 0.3 is 12.2 Å². The number of anilines is 1. The van der Waals surface area contributed by atoms with E-state index in [1.807, 2.05) is 18.2 Å². The van der Waals surface area contributed by atoms with E-state index in [1.165, 1.54) is 12.1 Å². The zero-order chi connectivity index (χ0) is 23.8. The third-order valence-electron chi connectivity index (χ3n) is 5.70. The molecule has 3 rings (SSSR count). The number of nitrogens with zero attached hydrogens (tertiary/aromatic N) is 3. The minimum Gasteiger partial charge on any atom is -0.383 e. The van der Waals surface area contributed by atoms with E-state index in [2.05, 4.69) is 16.3 Å². The van der Waals surface area contributed by atoms with Crippen LogP contribution in [0.3, 0.4) is 0 Å².